The van der Waals surface area contributed by atoms with E-state index in [1.807, 2.05) is 18.5 Å². The molecule has 1 aromatic heterocycles. The van der Waals surface area contributed by atoms with E-state index in [0.29, 0.717) is 5.78 Å². The van der Waals surface area contributed by atoms with Gasteiger partial charge in [0.2, 0.25) is 0 Å². The van der Waals surface area contributed by atoms with Crippen molar-refractivity contribution in [2.45, 2.75) is 58.8 Å². The van der Waals surface area contributed by atoms with Gasteiger partial charge in [0.1, 0.15) is 6.33 Å². The molecule has 0 radical (unpaired) electrons. The third-order valence-electron chi connectivity index (χ3n) is 8.41. The van der Waals surface area contributed by atoms with Crippen LogP contribution in [0.25, 0.3) is 5.57 Å². The van der Waals surface area contributed by atoms with Gasteiger partial charge in [0.05, 0.1) is 0 Å². The molecule has 0 amide bonds. The lowest BCUT2D eigenvalue weighted by molar-refractivity contribution is -0.117. The fourth-order valence-corrected chi connectivity index (χ4v) is 7.01. The highest BCUT2D eigenvalue weighted by molar-refractivity contribution is 5.91. The summed E-state index contributed by atoms with van der Waals surface area (Å²) < 4.78 is 0. The molecule has 3 heteroatoms. The zero-order chi connectivity index (χ0) is 17.9. The van der Waals surface area contributed by atoms with Crippen LogP contribution in [0.5, 0.6) is 0 Å². The van der Waals surface area contributed by atoms with Gasteiger partial charge in [-0.3, -0.25) is 4.79 Å². The third-order valence-corrected chi connectivity index (χ3v) is 8.41. The van der Waals surface area contributed by atoms with Crippen LogP contribution in [0, 0.1) is 28.6 Å². The molecule has 4 aliphatic carbocycles. The van der Waals surface area contributed by atoms with E-state index in [0.717, 1.165) is 37.0 Å². The minimum Gasteiger partial charge on any atom is -0.295 e. The summed E-state index contributed by atoms with van der Waals surface area (Å²) in [7, 11) is 0. The van der Waals surface area contributed by atoms with Gasteiger partial charge in [0.25, 0.3) is 0 Å². The summed E-state index contributed by atoms with van der Waals surface area (Å²) in [5.41, 5.74) is 4.67. The molecule has 5 atom stereocenters. The summed E-state index contributed by atoms with van der Waals surface area (Å²) in [6, 6.07) is 0. The molecule has 0 bridgehead atoms. The van der Waals surface area contributed by atoms with Crippen molar-refractivity contribution >= 4 is 11.4 Å². The number of aromatic nitrogens is 2. The number of ketones is 1. The Kier molecular flexibility index (Phi) is 3.54. The van der Waals surface area contributed by atoms with E-state index < -0.39 is 0 Å². The van der Waals surface area contributed by atoms with Crippen LogP contribution in [0.3, 0.4) is 0 Å². The van der Waals surface area contributed by atoms with Crippen LogP contribution in [0.4, 0.5) is 0 Å². The number of nitrogens with zero attached hydrogens (tertiary/aromatic N) is 2. The number of carbonyl (C=O) groups excluding carboxylic acids is 1. The largest absolute Gasteiger partial charge is 0.295 e. The fraction of sp³-hybridized carbons (Fsp3) is 0.609. The first-order valence-corrected chi connectivity index (χ1v) is 10.2. The van der Waals surface area contributed by atoms with E-state index in [4.69, 9.17) is 0 Å². The molecule has 1 aromatic rings. The Morgan fingerprint density at radius 2 is 1.81 bits per heavy atom. The highest BCUT2D eigenvalue weighted by Gasteiger charge is 2.57. The van der Waals surface area contributed by atoms with Crippen molar-refractivity contribution in [1.82, 2.24) is 9.97 Å². The average Bonchev–Trinajstić information content (AvgIpc) is 3.00. The van der Waals surface area contributed by atoms with Crippen molar-refractivity contribution in [1.29, 1.82) is 0 Å². The Hall–Kier alpha value is -1.77. The standard InChI is InChI=1S/C23H28N2O/c1-22-9-7-17(26)11-16(22)3-4-18-20-6-5-19(15-12-24-14-25-13-15)23(20,2)10-8-21(18)22/h5,11-14,18,20-21H,3-4,6-10H2,1-2H3/t18?,20?,21?,22-,23+/m0/s1. The predicted octanol–water partition coefficient (Wildman–Crippen LogP) is 5.00. The minimum atomic E-state index is 0.258. The van der Waals surface area contributed by atoms with E-state index in [1.54, 1.807) is 6.33 Å². The average molecular weight is 348 g/mol. The Morgan fingerprint density at radius 3 is 2.62 bits per heavy atom. The molecule has 0 N–H and O–H groups in total. The van der Waals surface area contributed by atoms with Crippen molar-refractivity contribution in [2.75, 3.05) is 0 Å². The van der Waals surface area contributed by atoms with E-state index in [9.17, 15) is 4.79 Å². The van der Waals surface area contributed by atoms with Gasteiger partial charge in [0, 0.05) is 24.4 Å². The second-order valence-electron chi connectivity index (χ2n) is 9.41. The Morgan fingerprint density at radius 1 is 1.00 bits per heavy atom. The van der Waals surface area contributed by atoms with E-state index in [1.165, 1.54) is 42.4 Å². The van der Waals surface area contributed by atoms with E-state index in [-0.39, 0.29) is 10.8 Å². The zero-order valence-electron chi connectivity index (χ0n) is 15.9. The number of fused-ring (bicyclic) bond motifs is 5. The Bertz CT molecular complexity index is 811. The topological polar surface area (TPSA) is 42.9 Å². The van der Waals surface area contributed by atoms with E-state index >= 15 is 0 Å². The SMILES string of the molecule is C[C@]12CCC(=O)C=C1CCC1C2CC[C@]2(C)C(c3cncnc3)=CCC12. The lowest BCUT2D eigenvalue weighted by Crippen LogP contribution is -2.49. The van der Waals surface area contributed by atoms with Crippen molar-refractivity contribution in [3.8, 4) is 0 Å². The van der Waals surface area contributed by atoms with Gasteiger partial charge in [-0.1, -0.05) is 25.5 Å². The maximum Gasteiger partial charge on any atom is 0.155 e. The maximum atomic E-state index is 12.0. The second-order valence-corrected chi connectivity index (χ2v) is 9.41. The summed E-state index contributed by atoms with van der Waals surface area (Å²) in [5.74, 6) is 2.61. The predicted molar refractivity (Wildman–Crippen MR) is 102 cm³/mol. The van der Waals surface area contributed by atoms with Crippen LogP contribution in [0.1, 0.15) is 64.4 Å². The van der Waals surface area contributed by atoms with Crippen molar-refractivity contribution in [2.24, 2.45) is 28.6 Å². The normalized spacial score (nSPS) is 41.6. The van der Waals surface area contributed by atoms with Gasteiger partial charge in [-0.2, -0.15) is 0 Å². The number of allylic oxidation sites excluding steroid dienone is 4. The molecule has 5 rings (SSSR count). The molecule has 2 saturated carbocycles. The first-order valence-electron chi connectivity index (χ1n) is 10.2. The first kappa shape index (κ1) is 16.4. The monoisotopic (exact) mass is 348 g/mol. The summed E-state index contributed by atoms with van der Waals surface area (Å²) >= 11 is 0. The van der Waals surface area contributed by atoms with Crippen LogP contribution in [0.15, 0.2) is 36.4 Å². The molecule has 0 spiro atoms. The molecule has 0 aliphatic heterocycles. The first-order chi connectivity index (χ1) is 12.5. The molecule has 26 heavy (non-hydrogen) atoms. The van der Waals surface area contributed by atoms with Gasteiger partial charge >= 0.3 is 0 Å². The lowest BCUT2D eigenvalue weighted by atomic mass is 9.47. The molecule has 1 heterocycles. The molecule has 3 unspecified atom stereocenters. The Balaban J connectivity index is 1.48. The number of hydrogen-bond donors (Lipinski definition) is 0. The van der Waals surface area contributed by atoms with Gasteiger partial charge < -0.3 is 0 Å². The van der Waals surface area contributed by atoms with E-state index in [2.05, 4.69) is 29.9 Å². The second kappa shape index (κ2) is 5.61. The lowest BCUT2D eigenvalue weighted by Gasteiger charge is -2.57. The van der Waals surface area contributed by atoms with Crippen molar-refractivity contribution < 1.29 is 4.79 Å². The van der Waals surface area contributed by atoms with Crippen LogP contribution in [-0.4, -0.2) is 15.8 Å². The van der Waals surface area contributed by atoms with Gasteiger partial charge in [0.15, 0.2) is 5.78 Å². The molecule has 0 saturated heterocycles. The summed E-state index contributed by atoms with van der Waals surface area (Å²) in [4.78, 5) is 20.5. The summed E-state index contributed by atoms with van der Waals surface area (Å²) in [5, 5.41) is 0. The zero-order valence-corrected chi connectivity index (χ0v) is 15.9. The van der Waals surface area contributed by atoms with Crippen LogP contribution >= 0.6 is 0 Å². The number of rotatable bonds is 1. The number of carbonyl (C=O) groups is 1. The van der Waals surface area contributed by atoms with Crippen LogP contribution in [-0.2, 0) is 4.79 Å². The molecular weight excluding hydrogens is 320 g/mol. The highest BCUT2D eigenvalue weighted by Crippen LogP contribution is 2.66. The third kappa shape index (κ3) is 2.15. The molecule has 0 aromatic carbocycles. The van der Waals surface area contributed by atoms with Gasteiger partial charge in [-0.15, -0.1) is 0 Å². The molecule has 4 aliphatic rings. The Labute approximate surface area is 156 Å². The fourth-order valence-electron chi connectivity index (χ4n) is 7.01. The summed E-state index contributed by atoms with van der Waals surface area (Å²) in [6.07, 6.45) is 18.0. The van der Waals surface area contributed by atoms with Gasteiger partial charge in [-0.25, -0.2) is 9.97 Å². The minimum absolute atomic E-state index is 0.258. The summed E-state index contributed by atoms with van der Waals surface area (Å²) in [6.45, 7) is 4.94. The maximum absolute atomic E-state index is 12.0. The van der Waals surface area contributed by atoms with Crippen LogP contribution < -0.4 is 0 Å². The smallest absolute Gasteiger partial charge is 0.155 e. The molecule has 3 nitrogen and oxygen atoms in total. The number of hydrogen-bond acceptors (Lipinski definition) is 3. The van der Waals surface area contributed by atoms with Crippen LogP contribution in [0.2, 0.25) is 0 Å². The quantitative estimate of drug-likeness (QED) is 0.717. The highest BCUT2D eigenvalue weighted by atomic mass is 16.1. The molecule has 136 valence electrons. The van der Waals surface area contributed by atoms with Gasteiger partial charge in [-0.05, 0) is 78.8 Å². The molecule has 2 fully saturated rings. The van der Waals surface area contributed by atoms with Crippen molar-refractivity contribution in [3.63, 3.8) is 0 Å². The van der Waals surface area contributed by atoms with Crippen molar-refractivity contribution in [3.05, 3.63) is 42.0 Å². The molecular formula is C23H28N2O.